The highest BCUT2D eigenvalue weighted by atomic mass is 79.9. The fourth-order valence-electron chi connectivity index (χ4n) is 1.84. The Kier molecular flexibility index (Phi) is 4.37. The van der Waals surface area contributed by atoms with E-state index in [0.29, 0.717) is 36.9 Å². The van der Waals surface area contributed by atoms with E-state index in [1.165, 1.54) is 4.90 Å². The van der Waals surface area contributed by atoms with Gasteiger partial charge in [-0.05, 0) is 28.1 Å². The van der Waals surface area contributed by atoms with Crippen LogP contribution in [0.5, 0.6) is 0 Å². The second kappa shape index (κ2) is 5.82. The molecule has 0 N–H and O–H groups in total. The van der Waals surface area contributed by atoms with E-state index in [9.17, 15) is 9.59 Å². The average Bonchev–Trinajstić information content (AvgIpc) is 2.61. The van der Waals surface area contributed by atoms with Crippen molar-refractivity contribution in [2.45, 2.75) is 0 Å². The smallest absolute Gasteiger partial charge is 0.299 e. The predicted molar refractivity (Wildman–Crippen MR) is 72.4 cm³/mol. The van der Waals surface area contributed by atoms with Gasteiger partial charge in [0.1, 0.15) is 0 Å². The molecule has 0 spiro atoms. The van der Waals surface area contributed by atoms with Crippen molar-refractivity contribution in [2.24, 2.45) is 0 Å². The van der Waals surface area contributed by atoms with Gasteiger partial charge in [0.25, 0.3) is 11.7 Å². The number of carbonyl (C=O) groups excluding carboxylic acids is 2. The van der Waals surface area contributed by atoms with Crippen LogP contribution in [-0.4, -0.2) is 37.3 Å². The molecule has 1 aromatic rings. The quantitative estimate of drug-likeness (QED) is 0.472. The minimum atomic E-state index is -0.508. The minimum Gasteiger partial charge on any atom is -0.378 e. The van der Waals surface area contributed by atoms with Gasteiger partial charge in [0.15, 0.2) is 0 Å². The van der Waals surface area contributed by atoms with E-state index in [0.717, 1.165) is 4.47 Å². The summed E-state index contributed by atoms with van der Waals surface area (Å²) in [7, 11) is 0. The van der Waals surface area contributed by atoms with Crippen LogP contribution in [0.2, 0.25) is 0 Å². The van der Waals surface area contributed by atoms with Gasteiger partial charge in [-0.2, -0.15) is 0 Å². The molecule has 0 radical (unpaired) electrons. The zero-order chi connectivity index (χ0) is 13.1. The van der Waals surface area contributed by atoms with Gasteiger partial charge in [-0.25, -0.2) is 0 Å². The number of fused-ring (bicyclic) bond motifs is 1. The van der Waals surface area contributed by atoms with Crippen LogP contribution in [0, 0.1) is 0 Å². The third kappa shape index (κ3) is 2.43. The number of anilines is 1. The van der Waals surface area contributed by atoms with Gasteiger partial charge < -0.3 is 9.64 Å². The summed E-state index contributed by atoms with van der Waals surface area (Å²) in [5, 5.41) is 0. The lowest BCUT2D eigenvalue weighted by atomic mass is 10.1. The highest BCUT2D eigenvalue weighted by Crippen LogP contribution is 2.35. The second-order valence-corrected chi connectivity index (χ2v) is 4.96. The Morgan fingerprint density at radius 1 is 1.28 bits per heavy atom. The summed E-state index contributed by atoms with van der Waals surface area (Å²) in [6.07, 6.45) is 0. The van der Waals surface area contributed by atoms with E-state index < -0.39 is 11.7 Å². The lowest BCUT2D eigenvalue weighted by Crippen LogP contribution is -2.33. The van der Waals surface area contributed by atoms with Gasteiger partial charge in [0.2, 0.25) is 0 Å². The van der Waals surface area contributed by atoms with Crippen molar-refractivity contribution in [3.05, 3.63) is 28.2 Å². The Balaban J connectivity index is 2.17. The number of carbonyl (C=O) groups is 2. The normalized spacial score (nSPS) is 14.2. The number of nitrogens with zero attached hydrogens (tertiary/aromatic N) is 1. The molecule has 0 aromatic heterocycles. The molecule has 1 amide bonds. The van der Waals surface area contributed by atoms with Crippen LogP contribution < -0.4 is 4.90 Å². The third-order valence-electron chi connectivity index (χ3n) is 2.62. The third-order valence-corrected chi connectivity index (χ3v) is 3.42. The van der Waals surface area contributed by atoms with E-state index in [1.54, 1.807) is 18.2 Å². The van der Waals surface area contributed by atoms with Gasteiger partial charge >= 0.3 is 0 Å². The summed E-state index contributed by atoms with van der Waals surface area (Å²) >= 11 is 8.85. The molecule has 1 aromatic carbocycles. The number of alkyl halides is 1. The monoisotopic (exact) mass is 331 g/mol. The van der Waals surface area contributed by atoms with Gasteiger partial charge in [-0.15, -0.1) is 11.6 Å². The molecule has 6 heteroatoms. The summed E-state index contributed by atoms with van der Waals surface area (Å²) in [5.74, 6) is -0.567. The molecule has 0 saturated carbocycles. The van der Waals surface area contributed by atoms with Crippen molar-refractivity contribution in [3.8, 4) is 0 Å². The van der Waals surface area contributed by atoms with Crippen LogP contribution in [0.3, 0.4) is 0 Å². The standard InChI is InChI=1S/C12H11BrClNO3/c13-9-3-1-2-8-10(9)15(12(17)11(8)16)5-7-18-6-4-14/h1-3H,4-7H2. The summed E-state index contributed by atoms with van der Waals surface area (Å²) < 4.78 is 5.96. The molecule has 0 saturated heterocycles. The molecule has 96 valence electrons. The highest BCUT2D eigenvalue weighted by molar-refractivity contribution is 9.10. The maximum Gasteiger partial charge on any atom is 0.299 e. The number of rotatable bonds is 5. The van der Waals surface area contributed by atoms with Crippen LogP contribution in [0.25, 0.3) is 0 Å². The number of hydrogen-bond donors (Lipinski definition) is 0. The molecule has 1 aliphatic rings. The topological polar surface area (TPSA) is 46.6 Å². The molecule has 0 bridgehead atoms. The number of ether oxygens (including phenoxy) is 1. The van der Waals surface area contributed by atoms with E-state index in [2.05, 4.69) is 15.9 Å². The molecule has 0 aliphatic carbocycles. The molecule has 2 rings (SSSR count). The van der Waals surface area contributed by atoms with Gasteiger partial charge in [0.05, 0.1) is 24.5 Å². The first kappa shape index (κ1) is 13.5. The largest absolute Gasteiger partial charge is 0.378 e. The van der Waals surface area contributed by atoms with Gasteiger partial charge in [0, 0.05) is 16.9 Å². The molecular formula is C12H11BrClNO3. The number of amides is 1. The summed E-state index contributed by atoms with van der Waals surface area (Å²) in [4.78, 5) is 25.1. The number of para-hydroxylation sites is 1. The Hall–Kier alpha value is -0.910. The first-order valence-electron chi connectivity index (χ1n) is 5.45. The number of hydrogen-bond acceptors (Lipinski definition) is 3. The predicted octanol–water partition coefficient (Wildman–Crippen LogP) is 2.23. The van der Waals surface area contributed by atoms with Crippen LogP contribution in [0.1, 0.15) is 10.4 Å². The molecule has 1 heterocycles. The van der Waals surface area contributed by atoms with Crippen molar-refractivity contribution in [3.63, 3.8) is 0 Å². The Bertz CT molecular complexity index is 492. The molecule has 18 heavy (non-hydrogen) atoms. The molecule has 1 aliphatic heterocycles. The van der Waals surface area contributed by atoms with Crippen molar-refractivity contribution in [2.75, 3.05) is 30.5 Å². The molecule has 0 fully saturated rings. The molecule has 4 nitrogen and oxygen atoms in total. The summed E-state index contributed by atoms with van der Waals surface area (Å²) in [6, 6.07) is 5.19. The minimum absolute atomic E-state index is 0.344. The summed E-state index contributed by atoms with van der Waals surface area (Å²) in [5.41, 5.74) is 1.06. The van der Waals surface area contributed by atoms with E-state index in [-0.39, 0.29) is 0 Å². The van der Waals surface area contributed by atoms with Crippen molar-refractivity contribution in [1.29, 1.82) is 0 Å². The second-order valence-electron chi connectivity index (χ2n) is 3.72. The van der Waals surface area contributed by atoms with Crippen LogP contribution in [-0.2, 0) is 9.53 Å². The highest BCUT2D eigenvalue weighted by Gasteiger charge is 2.36. The number of benzene rings is 1. The fraction of sp³-hybridized carbons (Fsp3) is 0.333. The van der Waals surface area contributed by atoms with Crippen molar-refractivity contribution in [1.82, 2.24) is 0 Å². The van der Waals surface area contributed by atoms with E-state index >= 15 is 0 Å². The zero-order valence-electron chi connectivity index (χ0n) is 9.49. The lowest BCUT2D eigenvalue weighted by Gasteiger charge is -2.17. The maximum atomic E-state index is 11.9. The zero-order valence-corrected chi connectivity index (χ0v) is 11.8. The Labute approximate surface area is 118 Å². The summed E-state index contributed by atoms with van der Waals surface area (Å²) in [6.45, 7) is 1.13. The average molecular weight is 333 g/mol. The molecular weight excluding hydrogens is 321 g/mol. The van der Waals surface area contributed by atoms with Crippen molar-refractivity contribution >= 4 is 44.9 Å². The number of halogens is 2. The Morgan fingerprint density at radius 2 is 2.06 bits per heavy atom. The van der Waals surface area contributed by atoms with E-state index in [4.69, 9.17) is 16.3 Å². The lowest BCUT2D eigenvalue weighted by molar-refractivity contribution is -0.114. The van der Waals surface area contributed by atoms with Crippen LogP contribution >= 0.6 is 27.5 Å². The van der Waals surface area contributed by atoms with Crippen molar-refractivity contribution < 1.29 is 14.3 Å². The molecule has 0 unspecified atom stereocenters. The van der Waals surface area contributed by atoms with Crippen LogP contribution in [0.15, 0.2) is 22.7 Å². The number of Topliss-reactive ketones (excluding diaryl/α,β-unsaturated/α-hetero) is 1. The first-order chi connectivity index (χ1) is 8.66. The fourth-order valence-corrected chi connectivity index (χ4v) is 2.53. The first-order valence-corrected chi connectivity index (χ1v) is 6.78. The Morgan fingerprint density at radius 3 is 2.78 bits per heavy atom. The molecule has 0 atom stereocenters. The maximum absolute atomic E-state index is 11.9. The number of ketones is 1. The van der Waals surface area contributed by atoms with Gasteiger partial charge in [-0.1, -0.05) is 6.07 Å². The van der Waals surface area contributed by atoms with Crippen LogP contribution in [0.4, 0.5) is 5.69 Å². The van der Waals surface area contributed by atoms with Gasteiger partial charge in [-0.3, -0.25) is 9.59 Å². The SMILES string of the molecule is O=C1C(=O)N(CCOCCCl)c2c(Br)cccc21. The van der Waals surface area contributed by atoms with E-state index in [1.807, 2.05) is 0 Å².